The lowest BCUT2D eigenvalue weighted by molar-refractivity contribution is -0.931. The zero-order valence-electron chi connectivity index (χ0n) is 27.2. The maximum atomic E-state index is 12.8. The topological polar surface area (TPSA) is 94.1 Å². The number of piperidine rings is 1. The first-order valence-electron chi connectivity index (χ1n) is 16.8. The third-order valence-corrected chi connectivity index (χ3v) is 10.6. The summed E-state index contributed by atoms with van der Waals surface area (Å²) in [7, 11) is -0.148. The second-order valence-electron chi connectivity index (χ2n) is 13.2. The summed E-state index contributed by atoms with van der Waals surface area (Å²) in [5, 5.41) is 0. The number of phosphoric acid groups is 1. The molecule has 2 rings (SSSR count). The average Bonchev–Trinajstić information content (AvgIpc) is 3.04. The zero-order valence-corrected chi connectivity index (χ0v) is 28.0. The lowest BCUT2D eigenvalue weighted by atomic mass is 9.98. The van der Waals surface area contributed by atoms with E-state index in [-0.39, 0.29) is 6.10 Å². The van der Waals surface area contributed by atoms with Crippen molar-refractivity contribution in [2.45, 2.75) is 180 Å². The molecule has 0 aromatic carbocycles. The molecule has 2 saturated heterocycles. The summed E-state index contributed by atoms with van der Waals surface area (Å²) < 4.78 is 36.1. The Morgan fingerprint density at radius 3 is 1.76 bits per heavy atom. The van der Waals surface area contributed by atoms with Crippen molar-refractivity contribution in [3.8, 4) is 0 Å². The molecule has 6 unspecified atom stereocenters. The van der Waals surface area contributed by atoms with Crippen molar-refractivity contribution in [1.82, 2.24) is 0 Å². The molecule has 2 fully saturated rings. The number of ether oxygens (including phenoxy) is 2. The van der Waals surface area contributed by atoms with E-state index in [1.54, 1.807) is 13.8 Å². The minimum atomic E-state index is -4.59. The van der Waals surface area contributed by atoms with Crippen molar-refractivity contribution in [2.24, 2.45) is 0 Å². The molecule has 2 aliphatic heterocycles. The molecular formula is C32H62NO7P. The van der Waals surface area contributed by atoms with Crippen LogP contribution in [0.4, 0.5) is 0 Å². The van der Waals surface area contributed by atoms with Crippen LogP contribution >= 0.6 is 7.82 Å². The van der Waals surface area contributed by atoms with E-state index in [1.165, 1.54) is 84.0 Å². The Hall–Kier alpha value is -0.500. The van der Waals surface area contributed by atoms with E-state index in [2.05, 4.69) is 21.0 Å². The molecule has 6 atom stereocenters. The van der Waals surface area contributed by atoms with Crippen LogP contribution in [0.3, 0.4) is 0 Å². The summed E-state index contributed by atoms with van der Waals surface area (Å²) in [6, 6.07) is 0.821. The van der Waals surface area contributed by atoms with Gasteiger partial charge in [-0.25, -0.2) is 0 Å². The van der Waals surface area contributed by atoms with Crippen LogP contribution in [-0.4, -0.2) is 67.7 Å². The van der Waals surface area contributed by atoms with E-state index < -0.39 is 32.1 Å². The molecule has 0 aromatic rings. The van der Waals surface area contributed by atoms with Crippen LogP contribution in [0.5, 0.6) is 0 Å². The molecule has 2 heterocycles. The number of rotatable bonds is 23. The van der Waals surface area contributed by atoms with Gasteiger partial charge in [-0.05, 0) is 20.3 Å². The quantitative estimate of drug-likeness (QED) is 0.0518. The Morgan fingerprint density at radius 1 is 0.829 bits per heavy atom. The molecule has 0 saturated carbocycles. The largest absolute Gasteiger partial charge is 0.756 e. The molecule has 0 aliphatic carbocycles. The fourth-order valence-electron chi connectivity index (χ4n) is 6.81. The summed E-state index contributed by atoms with van der Waals surface area (Å²) in [4.78, 5) is 24.6. The number of carbonyl (C=O) groups excluding carboxylic acids is 1. The van der Waals surface area contributed by atoms with E-state index in [0.717, 1.165) is 30.2 Å². The second-order valence-corrected chi connectivity index (χ2v) is 14.5. The summed E-state index contributed by atoms with van der Waals surface area (Å²) in [6.45, 7) is 7.50. The highest BCUT2D eigenvalue weighted by Crippen LogP contribution is 2.48. The number of carbonyl (C=O) groups is 1. The Labute approximate surface area is 251 Å². The van der Waals surface area contributed by atoms with E-state index in [4.69, 9.17) is 18.5 Å². The molecule has 0 aromatic heterocycles. The van der Waals surface area contributed by atoms with Gasteiger partial charge in [-0.2, -0.15) is 0 Å². The van der Waals surface area contributed by atoms with Crippen LogP contribution < -0.4 is 4.89 Å². The first-order chi connectivity index (χ1) is 19.5. The summed E-state index contributed by atoms with van der Waals surface area (Å²) in [5.41, 5.74) is 0. The van der Waals surface area contributed by atoms with Crippen molar-refractivity contribution in [3.05, 3.63) is 0 Å². The molecule has 0 radical (unpaired) electrons. The number of quaternary nitrogens is 1. The number of nitrogens with zero attached hydrogens (tertiary/aromatic N) is 1. The Kier molecular flexibility index (Phi) is 17.0. The van der Waals surface area contributed by atoms with E-state index in [0.29, 0.717) is 31.5 Å². The average molecular weight is 604 g/mol. The van der Waals surface area contributed by atoms with Gasteiger partial charge >= 0.3 is 5.97 Å². The minimum absolute atomic E-state index is 0.365. The van der Waals surface area contributed by atoms with E-state index >= 15 is 0 Å². The smallest absolute Gasteiger partial charge is 0.303 e. The van der Waals surface area contributed by atoms with Gasteiger partial charge in [0.1, 0.15) is 6.10 Å². The van der Waals surface area contributed by atoms with Gasteiger partial charge in [-0.15, -0.1) is 0 Å². The summed E-state index contributed by atoms with van der Waals surface area (Å²) >= 11 is 0. The van der Waals surface area contributed by atoms with Crippen molar-refractivity contribution in [3.63, 3.8) is 0 Å². The second kappa shape index (κ2) is 19.0. The zero-order chi connectivity index (χ0) is 30.3. The van der Waals surface area contributed by atoms with Crippen LogP contribution in [0.25, 0.3) is 0 Å². The normalized spacial score (nSPS) is 25.4. The van der Waals surface area contributed by atoms with Crippen LogP contribution in [0.1, 0.15) is 143 Å². The van der Waals surface area contributed by atoms with Gasteiger partial charge in [-0.1, -0.05) is 90.4 Å². The maximum Gasteiger partial charge on any atom is 0.303 e. The van der Waals surface area contributed by atoms with Gasteiger partial charge in [0.15, 0.2) is 6.10 Å². The van der Waals surface area contributed by atoms with Gasteiger partial charge < -0.3 is 27.9 Å². The molecule has 0 amide bonds. The van der Waals surface area contributed by atoms with Gasteiger partial charge in [0.2, 0.25) is 0 Å². The third-order valence-electron chi connectivity index (χ3n) is 9.46. The molecule has 0 spiro atoms. The summed E-state index contributed by atoms with van der Waals surface area (Å²) in [6.07, 6.45) is 19.1. The van der Waals surface area contributed by atoms with Crippen LogP contribution in [0, 0.1) is 0 Å². The standard InChI is InChI=1S/C32H62NO7P/c1-7-8-9-10-11-12-13-14-15-16-17-18-19-20-23-37-26(2)32(38-28(4)34)27(3)39-41(35,36)40-31-24-29-21-22-30(25-31)33(29,5)6/h26-27,29-32H,7-25H2,1-6H3. The van der Waals surface area contributed by atoms with Gasteiger partial charge in [-0.3, -0.25) is 9.36 Å². The Bertz CT molecular complexity index is 763. The van der Waals surface area contributed by atoms with Crippen molar-refractivity contribution in [2.75, 3.05) is 20.7 Å². The van der Waals surface area contributed by atoms with Crippen LogP contribution in [0.15, 0.2) is 0 Å². The maximum absolute atomic E-state index is 12.8. The molecule has 242 valence electrons. The van der Waals surface area contributed by atoms with Gasteiger partial charge in [0.25, 0.3) is 7.82 Å². The highest BCUT2D eigenvalue weighted by Gasteiger charge is 2.50. The lowest BCUT2D eigenvalue weighted by Gasteiger charge is -2.45. The molecular weight excluding hydrogens is 541 g/mol. The third kappa shape index (κ3) is 13.8. The monoisotopic (exact) mass is 603 g/mol. The van der Waals surface area contributed by atoms with E-state index in [9.17, 15) is 14.3 Å². The highest BCUT2D eigenvalue weighted by atomic mass is 31.2. The number of unbranched alkanes of at least 4 members (excludes halogenated alkanes) is 13. The van der Waals surface area contributed by atoms with Crippen molar-refractivity contribution < 1.29 is 37.3 Å². The first kappa shape index (κ1) is 36.7. The highest BCUT2D eigenvalue weighted by molar-refractivity contribution is 7.45. The molecule has 2 aliphatic rings. The molecule has 41 heavy (non-hydrogen) atoms. The molecule has 2 bridgehead atoms. The van der Waals surface area contributed by atoms with Gasteiger partial charge in [0.05, 0.1) is 38.4 Å². The predicted molar refractivity (Wildman–Crippen MR) is 162 cm³/mol. The lowest BCUT2D eigenvalue weighted by Crippen LogP contribution is -2.56. The molecule has 9 heteroatoms. The first-order valence-corrected chi connectivity index (χ1v) is 18.2. The number of fused-ring (bicyclic) bond motifs is 2. The molecule has 8 nitrogen and oxygen atoms in total. The van der Waals surface area contributed by atoms with Crippen LogP contribution in [-0.2, 0) is 27.9 Å². The van der Waals surface area contributed by atoms with Crippen LogP contribution in [0.2, 0.25) is 0 Å². The van der Waals surface area contributed by atoms with Crippen molar-refractivity contribution in [1.29, 1.82) is 0 Å². The number of hydrogen-bond donors (Lipinski definition) is 0. The minimum Gasteiger partial charge on any atom is -0.756 e. The number of hydrogen-bond acceptors (Lipinski definition) is 7. The Morgan fingerprint density at radius 2 is 1.29 bits per heavy atom. The number of esters is 1. The Balaban J connectivity index is 1.62. The summed E-state index contributed by atoms with van der Waals surface area (Å²) in [5.74, 6) is -0.497. The molecule has 0 N–H and O–H groups in total. The fraction of sp³-hybridized carbons (Fsp3) is 0.969. The van der Waals surface area contributed by atoms with Gasteiger partial charge in [0, 0.05) is 39.2 Å². The predicted octanol–water partition coefficient (Wildman–Crippen LogP) is 7.46. The fourth-order valence-corrected chi connectivity index (χ4v) is 7.93. The van der Waals surface area contributed by atoms with E-state index in [1.807, 2.05) is 0 Å². The SMILES string of the molecule is CCCCCCCCCCCCCCCCOC(C)C(OC(C)=O)C(C)OP(=O)([O-])OC1CC2CCC(C1)[N+]2(C)C. The number of phosphoric ester groups is 1. The van der Waals surface area contributed by atoms with Crippen molar-refractivity contribution >= 4 is 13.8 Å².